The Morgan fingerprint density at radius 2 is 1.18 bits per heavy atom. The van der Waals surface area contributed by atoms with Gasteiger partial charge in [-0.25, -0.2) is 0 Å². The van der Waals surface area contributed by atoms with Crippen LogP contribution in [0.1, 0.15) is 5.56 Å². The van der Waals surface area contributed by atoms with Gasteiger partial charge >= 0.3 is 0 Å². The Balaban J connectivity index is 1.63. The Bertz CT molecular complexity index is 1170. The van der Waals surface area contributed by atoms with Crippen LogP contribution in [0.25, 0.3) is 11.1 Å². The van der Waals surface area contributed by atoms with Crippen LogP contribution in [0, 0.1) is 6.92 Å². The lowest BCUT2D eigenvalue weighted by atomic mass is 9.35. The van der Waals surface area contributed by atoms with Gasteiger partial charge in [-0.15, -0.1) is 0 Å². The quantitative estimate of drug-likeness (QED) is 0.405. The predicted molar refractivity (Wildman–Crippen MR) is 114 cm³/mol. The van der Waals surface area contributed by atoms with Gasteiger partial charge in [0.25, 0.3) is 6.71 Å². The van der Waals surface area contributed by atoms with Gasteiger partial charge in [0.15, 0.2) is 0 Å². The summed E-state index contributed by atoms with van der Waals surface area (Å²) in [5, 5.41) is 0. The maximum absolute atomic E-state index is 6.35. The van der Waals surface area contributed by atoms with E-state index in [0.29, 0.717) is 0 Å². The number of para-hydroxylation sites is 2. The minimum absolute atomic E-state index is 0.131. The molecule has 0 N–H and O–H groups in total. The summed E-state index contributed by atoms with van der Waals surface area (Å²) in [6.07, 6.45) is 0. The molecule has 132 valence electrons. The van der Waals surface area contributed by atoms with Gasteiger partial charge in [-0.1, -0.05) is 66.2 Å². The fourth-order valence-corrected chi connectivity index (χ4v) is 4.39. The smallest absolute Gasteiger partial charge is 0.260 e. The van der Waals surface area contributed by atoms with E-state index in [1.807, 2.05) is 12.1 Å². The fourth-order valence-electron chi connectivity index (χ4n) is 4.39. The second kappa shape index (κ2) is 5.77. The summed E-state index contributed by atoms with van der Waals surface area (Å²) in [4.78, 5) is 0. The maximum atomic E-state index is 6.35. The molecule has 0 radical (unpaired) electrons. The molecule has 0 bridgehead atoms. The third-order valence-corrected chi connectivity index (χ3v) is 5.64. The third kappa shape index (κ3) is 2.23. The summed E-state index contributed by atoms with van der Waals surface area (Å²) in [6, 6.07) is 29.4. The molecule has 0 amide bonds. The highest BCUT2D eigenvalue weighted by atomic mass is 16.5. The van der Waals surface area contributed by atoms with Gasteiger partial charge < -0.3 is 9.47 Å². The first-order chi connectivity index (χ1) is 13.8. The molecule has 6 rings (SSSR count). The van der Waals surface area contributed by atoms with Crippen molar-refractivity contribution < 1.29 is 9.47 Å². The van der Waals surface area contributed by atoms with E-state index in [1.54, 1.807) is 0 Å². The second-order valence-electron chi connectivity index (χ2n) is 7.47. The molecule has 2 aliphatic rings. The first-order valence-electron chi connectivity index (χ1n) is 9.56. The van der Waals surface area contributed by atoms with Crippen molar-refractivity contribution in [3.8, 4) is 34.1 Å². The monoisotopic (exact) mass is 360 g/mol. The molecular formula is C25H17BO2. The molecule has 0 spiro atoms. The molecule has 2 heterocycles. The van der Waals surface area contributed by atoms with E-state index in [1.165, 1.54) is 22.1 Å². The lowest BCUT2D eigenvalue weighted by Crippen LogP contribution is -2.57. The Hall–Kier alpha value is -3.46. The van der Waals surface area contributed by atoms with Gasteiger partial charge in [0.05, 0.1) is 0 Å². The van der Waals surface area contributed by atoms with Gasteiger partial charge in [0, 0.05) is 5.46 Å². The first kappa shape index (κ1) is 15.6. The van der Waals surface area contributed by atoms with Crippen molar-refractivity contribution in [3.05, 3.63) is 90.5 Å². The molecule has 28 heavy (non-hydrogen) atoms. The number of benzene rings is 4. The van der Waals surface area contributed by atoms with Gasteiger partial charge in [-0.2, -0.15) is 0 Å². The Labute approximate surface area is 164 Å². The highest BCUT2D eigenvalue weighted by molar-refractivity contribution is 6.98. The van der Waals surface area contributed by atoms with E-state index in [2.05, 4.69) is 79.7 Å². The van der Waals surface area contributed by atoms with Crippen molar-refractivity contribution in [3.63, 3.8) is 0 Å². The largest absolute Gasteiger partial charge is 0.458 e. The van der Waals surface area contributed by atoms with Crippen LogP contribution in [0.15, 0.2) is 84.9 Å². The zero-order valence-corrected chi connectivity index (χ0v) is 15.5. The van der Waals surface area contributed by atoms with Crippen LogP contribution in [-0.2, 0) is 0 Å². The van der Waals surface area contributed by atoms with Gasteiger partial charge in [0.2, 0.25) is 0 Å². The highest BCUT2D eigenvalue weighted by Crippen LogP contribution is 2.38. The summed E-state index contributed by atoms with van der Waals surface area (Å²) in [5.41, 5.74) is 7.01. The van der Waals surface area contributed by atoms with E-state index in [9.17, 15) is 0 Å². The molecule has 0 atom stereocenters. The molecule has 4 aromatic rings. The molecule has 0 saturated heterocycles. The van der Waals surface area contributed by atoms with Gasteiger partial charge in [0.1, 0.15) is 23.0 Å². The van der Waals surface area contributed by atoms with Crippen LogP contribution in [0.4, 0.5) is 0 Å². The zero-order chi connectivity index (χ0) is 18.7. The lowest BCUT2D eigenvalue weighted by Gasteiger charge is -2.33. The number of ether oxygens (including phenoxy) is 2. The summed E-state index contributed by atoms with van der Waals surface area (Å²) in [7, 11) is 0. The van der Waals surface area contributed by atoms with Crippen LogP contribution in [0.2, 0.25) is 0 Å². The van der Waals surface area contributed by atoms with Gasteiger partial charge in [-0.3, -0.25) is 0 Å². The SMILES string of the molecule is Cc1cccc(-c2cc3c4c(c2)Oc2ccccc2B4c2ccccc2O3)c1. The van der Waals surface area contributed by atoms with Crippen LogP contribution < -0.4 is 25.9 Å². The predicted octanol–water partition coefficient (Wildman–Crippen LogP) is 4.39. The Morgan fingerprint density at radius 1 is 0.571 bits per heavy atom. The van der Waals surface area contributed by atoms with Crippen LogP contribution >= 0.6 is 0 Å². The Kier molecular flexibility index (Phi) is 3.21. The van der Waals surface area contributed by atoms with Crippen LogP contribution in [0.5, 0.6) is 23.0 Å². The zero-order valence-electron chi connectivity index (χ0n) is 15.5. The summed E-state index contributed by atoms with van der Waals surface area (Å²) in [6.45, 7) is 2.24. The second-order valence-corrected chi connectivity index (χ2v) is 7.47. The molecule has 0 saturated carbocycles. The van der Waals surface area contributed by atoms with Crippen molar-refractivity contribution in [2.45, 2.75) is 6.92 Å². The van der Waals surface area contributed by atoms with Gasteiger partial charge in [-0.05, 0) is 53.2 Å². The summed E-state index contributed by atoms with van der Waals surface area (Å²) in [5.74, 6) is 3.60. The van der Waals surface area contributed by atoms with Crippen molar-refractivity contribution in [2.75, 3.05) is 0 Å². The molecule has 0 unspecified atom stereocenters. The molecule has 2 aliphatic heterocycles. The van der Waals surface area contributed by atoms with Crippen molar-refractivity contribution in [1.29, 1.82) is 0 Å². The first-order valence-corrected chi connectivity index (χ1v) is 9.56. The number of aryl methyl sites for hydroxylation is 1. The third-order valence-electron chi connectivity index (χ3n) is 5.64. The van der Waals surface area contributed by atoms with Crippen LogP contribution in [0.3, 0.4) is 0 Å². The number of rotatable bonds is 1. The maximum Gasteiger partial charge on any atom is 0.260 e. The molecule has 0 aromatic heterocycles. The van der Waals surface area contributed by atoms with Crippen molar-refractivity contribution in [2.24, 2.45) is 0 Å². The lowest BCUT2D eigenvalue weighted by molar-refractivity contribution is 0.465. The fraction of sp³-hybridized carbons (Fsp3) is 0.0400. The van der Waals surface area contributed by atoms with Crippen molar-refractivity contribution in [1.82, 2.24) is 0 Å². The Morgan fingerprint density at radius 3 is 1.79 bits per heavy atom. The highest BCUT2D eigenvalue weighted by Gasteiger charge is 2.39. The van der Waals surface area contributed by atoms with E-state index in [0.717, 1.165) is 34.0 Å². The molecule has 4 aromatic carbocycles. The summed E-state index contributed by atoms with van der Waals surface area (Å²) < 4.78 is 12.7. The molecule has 3 heteroatoms. The minimum atomic E-state index is 0.131. The summed E-state index contributed by atoms with van der Waals surface area (Å²) >= 11 is 0. The number of hydrogen-bond donors (Lipinski definition) is 0. The van der Waals surface area contributed by atoms with E-state index >= 15 is 0 Å². The van der Waals surface area contributed by atoms with Crippen molar-refractivity contribution >= 4 is 23.1 Å². The molecular weight excluding hydrogens is 343 g/mol. The van der Waals surface area contributed by atoms with E-state index < -0.39 is 0 Å². The topological polar surface area (TPSA) is 18.5 Å². The van der Waals surface area contributed by atoms with E-state index in [4.69, 9.17) is 9.47 Å². The van der Waals surface area contributed by atoms with E-state index in [-0.39, 0.29) is 6.71 Å². The molecule has 2 nitrogen and oxygen atoms in total. The minimum Gasteiger partial charge on any atom is -0.458 e. The number of hydrogen-bond acceptors (Lipinski definition) is 2. The van der Waals surface area contributed by atoms with Crippen LogP contribution in [-0.4, -0.2) is 6.71 Å². The standard InChI is InChI=1S/C25H17BO2/c1-16-7-6-8-17(13-16)18-14-23-25-24(15-18)28-22-12-5-3-10-20(22)26(25)19-9-2-4-11-21(19)27-23/h2-15H,1H3. The average Bonchev–Trinajstić information content (AvgIpc) is 2.73. The molecule has 0 aliphatic carbocycles. The normalized spacial score (nSPS) is 13.0. The average molecular weight is 360 g/mol. The number of fused-ring (bicyclic) bond motifs is 4. The molecule has 0 fully saturated rings.